The molecule has 3 N–H and O–H groups in total. The van der Waals surface area contributed by atoms with Gasteiger partial charge in [0.25, 0.3) is 0 Å². The van der Waals surface area contributed by atoms with Gasteiger partial charge in [0.05, 0.1) is 0 Å². The second-order valence-electron chi connectivity index (χ2n) is 3.48. The summed E-state index contributed by atoms with van der Waals surface area (Å²) in [5, 5.41) is 9.43. The number of ether oxygens (including phenoxy) is 1. The van der Waals surface area contributed by atoms with Crippen LogP contribution in [0.5, 0.6) is 11.5 Å². The third kappa shape index (κ3) is 2.87. The van der Waals surface area contributed by atoms with Crippen molar-refractivity contribution in [2.24, 2.45) is 5.73 Å². The molecule has 0 spiro atoms. The Kier molecular flexibility index (Phi) is 4.13. The first-order chi connectivity index (χ1) is 7.56. The van der Waals surface area contributed by atoms with E-state index in [0.29, 0.717) is 24.4 Å². The molecule has 1 aromatic carbocycles. The summed E-state index contributed by atoms with van der Waals surface area (Å²) >= 11 is 0. The van der Waals surface area contributed by atoms with Gasteiger partial charge in [-0.2, -0.15) is 0 Å². The lowest BCUT2D eigenvalue weighted by molar-refractivity contribution is 0.163. The lowest BCUT2D eigenvalue weighted by atomic mass is 10.2. The minimum Gasteiger partial charge on any atom is -0.508 e. The number of carbonyl (C=O) groups excluding carboxylic acids is 1. The number of amides is 1. The molecule has 5 nitrogen and oxygen atoms in total. The van der Waals surface area contributed by atoms with E-state index in [1.165, 1.54) is 11.0 Å². The van der Waals surface area contributed by atoms with Crippen molar-refractivity contribution >= 4 is 6.09 Å². The summed E-state index contributed by atoms with van der Waals surface area (Å²) in [6.45, 7) is 2.49. The highest BCUT2D eigenvalue weighted by molar-refractivity contribution is 5.71. The summed E-state index contributed by atoms with van der Waals surface area (Å²) in [6, 6.07) is 4.79. The maximum atomic E-state index is 11.5. The van der Waals surface area contributed by atoms with Crippen LogP contribution in [0.1, 0.15) is 5.56 Å². The summed E-state index contributed by atoms with van der Waals surface area (Å²) in [5.41, 5.74) is 5.86. The van der Waals surface area contributed by atoms with Crippen molar-refractivity contribution in [1.82, 2.24) is 4.90 Å². The standard InChI is InChI=1S/C11H16N2O3/c1-8-9(14)4-3-5-10(8)16-11(15)13(2)7-6-12/h3-5,14H,6-7,12H2,1-2H3. The average molecular weight is 224 g/mol. The molecular weight excluding hydrogens is 208 g/mol. The third-order valence-electron chi connectivity index (χ3n) is 2.23. The number of benzene rings is 1. The molecule has 0 radical (unpaired) electrons. The molecule has 0 aliphatic heterocycles. The Morgan fingerprint density at radius 2 is 2.25 bits per heavy atom. The van der Waals surface area contributed by atoms with Crippen molar-refractivity contribution < 1.29 is 14.6 Å². The molecule has 5 heteroatoms. The van der Waals surface area contributed by atoms with E-state index in [2.05, 4.69) is 0 Å². The molecule has 0 unspecified atom stereocenters. The predicted octanol–water partition coefficient (Wildman–Crippen LogP) is 1.09. The molecule has 0 saturated carbocycles. The number of hydrogen-bond donors (Lipinski definition) is 2. The first-order valence-electron chi connectivity index (χ1n) is 4.98. The Labute approximate surface area is 94.4 Å². The summed E-state index contributed by atoms with van der Waals surface area (Å²) in [7, 11) is 1.60. The van der Waals surface area contributed by atoms with Gasteiger partial charge in [0.15, 0.2) is 0 Å². The van der Waals surface area contributed by atoms with Crippen molar-refractivity contribution in [1.29, 1.82) is 0 Å². The molecule has 0 atom stereocenters. The largest absolute Gasteiger partial charge is 0.508 e. The van der Waals surface area contributed by atoms with E-state index in [9.17, 15) is 9.90 Å². The first kappa shape index (κ1) is 12.3. The Morgan fingerprint density at radius 1 is 1.56 bits per heavy atom. The van der Waals surface area contributed by atoms with Gasteiger partial charge >= 0.3 is 6.09 Å². The smallest absolute Gasteiger partial charge is 0.415 e. The Hall–Kier alpha value is -1.75. The van der Waals surface area contributed by atoms with Crippen molar-refractivity contribution in [2.75, 3.05) is 20.1 Å². The molecule has 0 aromatic heterocycles. The molecule has 0 saturated heterocycles. The molecular formula is C11H16N2O3. The molecule has 1 amide bonds. The highest BCUT2D eigenvalue weighted by atomic mass is 16.6. The first-order valence-corrected chi connectivity index (χ1v) is 4.98. The number of nitrogens with two attached hydrogens (primary N) is 1. The van der Waals surface area contributed by atoms with Gasteiger partial charge in [-0.3, -0.25) is 0 Å². The van der Waals surface area contributed by atoms with Crippen LogP contribution in [0.25, 0.3) is 0 Å². The molecule has 0 aliphatic carbocycles. The fraction of sp³-hybridized carbons (Fsp3) is 0.364. The lowest BCUT2D eigenvalue weighted by Crippen LogP contribution is -2.34. The second-order valence-corrected chi connectivity index (χ2v) is 3.48. The van der Waals surface area contributed by atoms with E-state index in [1.807, 2.05) is 0 Å². The summed E-state index contributed by atoms with van der Waals surface area (Å²) < 4.78 is 5.11. The quantitative estimate of drug-likeness (QED) is 0.805. The van der Waals surface area contributed by atoms with Gasteiger partial charge in [0.1, 0.15) is 11.5 Å². The van der Waals surface area contributed by atoms with Gasteiger partial charge in [-0.15, -0.1) is 0 Å². The lowest BCUT2D eigenvalue weighted by Gasteiger charge is -2.16. The number of rotatable bonds is 3. The highest BCUT2D eigenvalue weighted by Gasteiger charge is 2.12. The zero-order valence-corrected chi connectivity index (χ0v) is 9.43. The monoisotopic (exact) mass is 224 g/mol. The number of aromatic hydroxyl groups is 1. The average Bonchev–Trinajstić information content (AvgIpc) is 2.25. The van der Waals surface area contributed by atoms with Crippen LogP contribution in [0.2, 0.25) is 0 Å². The SMILES string of the molecule is Cc1c(O)cccc1OC(=O)N(C)CCN. The van der Waals surface area contributed by atoms with Crippen molar-refractivity contribution in [3.05, 3.63) is 23.8 Å². The zero-order chi connectivity index (χ0) is 12.1. The number of phenols is 1. The van der Waals surface area contributed by atoms with E-state index in [0.717, 1.165) is 0 Å². The fourth-order valence-corrected chi connectivity index (χ4v) is 1.17. The Bertz CT molecular complexity index is 379. The van der Waals surface area contributed by atoms with Gasteiger partial charge in [-0.1, -0.05) is 6.07 Å². The minimum atomic E-state index is -0.487. The van der Waals surface area contributed by atoms with Crippen molar-refractivity contribution in [3.63, 3.8) is 0 Å². The third-order valence-corrected chi connectivity index (χ3v) is 2.23. The number of nitrogens with zero attached hydrogens (tertiary/aromatic N) is 1. The maximum absolute atomic E-state index is 11.5. The van der Waals surface area contributed by atoms with Gasteiger partial charge < -0.3 is 20.5 Å². The van der Waals surface area contributed by atoms with Crippen molar-refractivity contribution in [2.45, 2.75) is 6.92 Å². The highest BCUT2D eigenvalue weighted by Crippen LogP contribution is 2.26. The molecule has 0 fully saturated rings. The normalized spacial score (nSPS) is 9.94. The van der Waals surface area contributed by atoms with Gasteiger partial charge in [-0.05, 0) is 19.1 Å². The maximum Gasteiger partial charge on any atom is 0.415 e. The predicted molar refractivity (Wildman–Crippen MR) is 60.6 cm³/mol. The molecule has 0 bridgehead atoms. The van der Waals surface area contributed by atoms with Crippen LogP contribution in [0.15, 0.2) is 18.2 Å². The van der Waals surface area contributed by atoms with Crippen LogP contribution in [-0.2, 0) is 0 Å². The van der Waals surface area contributed by atoms with Gasteiger partial charge in [0.2, 0.25) is 0 Å². The van der Waals surface area contributed by atoms with E-state index in [4.69, 9.17) is 10.5 Å². The van der Waals surface area contributed by atoms with Crippen LogP contribution in [0, 0.1) is 6.92 Å². The van der Waals surface area contributed by atoms with Crippen molar-refractivity contribution in [3.8, 4) is 11.5 Å². The molecule has 88 valence electrons. The summed E-state index contributed by atoms with van der Waals surface area (Å²) in [6.07, 6.45) is -0.487. The van der Waals surface area contributed by atoms with E-state index < -0.39 is 6.09 Å². The number of phenolic OH excluding ortho intramolecular Hbond substituents is 1. The van der Waals surface area contributed by atoms with E-state index in [-0.39, 0.29) is 5.75 Å². The van der Waals surface area contributed by atoms with Crippen LogP contribution in [-0.4, -0.2) is 36.2 Å². The topological polar surface area (TPSA) is 75.8 Å². The molecule has 0 heterocycles. The molecule has 1 aromatic rings. The second kappa shape index (κ2) is 5.37. The molecule has 0 aliphatic rings. The fourth-order valence-electron chi connectivity index (χ4n) is 1.17. The van der Waals surface area contributed by atoms with Crippen LogP contribution in [0.3, 0.4) is 0 Å². The number of hydrogen-bond acceptors (Lipinski definition) is 4. The van der Waals surface area contributed by atoms with Crippen LogP contribution < -0.4 is 10.5 Å². The Morgan fingerprint density at radius 3 is 2.88 bits per heavy atom. The summed E-state index contributed by atoms with van der Waals surface area (Å²) in [5.74, 6) is 0.459. The molecule has 16 heavy (non-hydrogen) atoms. The van der Waals surface area contributed by atoms with Crippen LogP contribution in [0.4, 0.5) is 4.79 Å². The van der Waals surface area contributed by atoms with E-state index in [1.54, 1.807) is 26.1 Å². The van der Waals surface area contributed by atoms with E-state index >= 15 is 0 Å². The number of likely N-dealkylation sites (N-methyl/N-ethyl adjacent to an activating group) is 1. The number of carbonyl (C=O) groups is 1. The summed E-state index contributed by atoms with van der Waals surface area (Å²) in [4.78, 5) is 12.9. The van der Waals surface area contributed by atoms with Gasteiger partial charge in [-0.25, -0.2) is 4.79 Å². The molecule has 1 rings (SSSR count). The Balaban J connectivity index is 2.73. The van der Waals surface area contributed by atoms with Gasteiger partial charge in [0, 0.05) is 25.7 Å². The minimum absolute atomic E-state index is 0.103. The zero-order valence-electron chi connectivity index (χ0n) is 9.43. The van der Waals surface area contributed by atoms with Crippen LogP contribution >= 0.6 is 0 Å².